The van der Waals surface area contributed by atoms with Gasteiger partial charge in [0.1, 0.15) is 0 Å². The van der Waals surface area contributed by atoms with Crippen LogP contribution in [0.3, 0.4) is 0 Å². The van der Waals surface area contributed by atoms with Crippen molar-refractivity contribution in [2.75, 3.05) is 19.3 Å². The summed E-state index contributed by atoms with van der Waals surface area (Å²) in [6, 6.07) is 20.0. The number of hydrogen-bond donors (Lipinski definition) is 2. The van der Waals surface area contributed by atoms with Crippen molar-refractivity contribution in [1.82, 2.24) is 4.31 Å². The van der Waals surface area contributed by atoms with Crippen molar-refractivity contribution in [2.24, 2.45) is 5.41 Å². The number of allylic oxidation sites excluding steroid dienone is 2. The average Bonchev–Trinajstić information content (AvgIpc) is 3.76. The molecule has 3 aliphatic rings. The predicted molar refractivity (Wildman–Crippen MR) is 193 cm³/mol. The fourth-order valence-corrected chi connectivity index (χ4v) is 10.4. The molecule has 2 bridgehead atoms. The molecule has 1 fully saturated rings. The molecule has 9 heteroatoms. The number of fused-ring (bicyclic) bond motifs is 9. The number of carbonyl (C=O) groups excluding carboxylic acids is 1. The third-order valence-corrected chi connectivity index (χ3v) is 14.0. The fourth-order valence-electron chi connectivity index (χ4n) is 7.77. The van der Waals surface area contributed by atoms with E-state index in [9.17, 15) is 23.4 Å². The van der Waals surface area contributed by atoms with Crippen molar-refractivity contribution in [3.05, 3.63) is 104 Å². The Morgan fingerprint density at radius 2 is 1.87 bits per heavy atom. The number of sulfonamides is 1. The van der Waals surface area contributed by atoms with Crippen LogP contribution in [0.4, 0.5) is 0 Å². The third kappa shape index (κ3) is 7.21. The van der Waals surface area contributed by atoms with Gasteiger partial charge >= 0.3 is 0 Å². The Labute approximate surface area is 286 Å². The van der Waals surface area contributed by atoms with E-state index in [0.717, 1.165) is 32.5 Å². The highest BCUT2D eigenvalue weighted by atomic mass is 32.2. The molecule has 3 aliphatic carbocycles. The van der Waals surface area contributed by atoms with Gasteiger partial charge in [-0.1, -0.05) is 55.0 Å². The highest BCUT2D eigenvalue weighted by Gasteiger charge is 2.57. The van der Waals surface area contributed by atoms with Crippen LogP contribution in [0.5, 0.6) is 0 Å². The molecule has 6 nitrogen and oxygen atoms in total. The number of aliphatic hydroxyl groups is 2. The van der Waals surface area contributed by atoms with Gasteiger partial charge in [-0.05, 0) is 110 Å². The van der Waals surface area contributed by atoms with Gasteiger partial charge in [0.2, 0.25) is 15.8 Å². The molecule has 7 rings (SSSR count). The van der Waals surface area contributed by atoms with Gasteiger partial charge in [0, 0.05) is 33.6 Å². The second kappa shape index (κ2) is 13.7. The summed E-state index contributed by atoms with van der Waals surface area (Å²) in [6.45, 7) is 4.50. The predicted octanol–water partition coefficient (Wildman–Crippen LogP) is 7.74. The molecule has 1 saturated carbocycles. The Balaban J connectivity index is 1.43. The van der Waals surface area contributed by atoms with Crippen LogP contribution in [0.2, 0.25) is 0 Å². The lowest BCUT2D eigenvalue weighted by Gasteiger charge is -2.45. The molecule has 0 unspecified atom stereocenters. The molecule has 2 aromatic carbocycles. The zero-order valence-corrected chi connectivity index (χ0v) is 29.9. The first kappa shape index (κ1) is 34.2. The van der Waals surface area contributed by atoms with E-state index in [2.05, 4.69) is 19.9 Å². The van der Waals surface area contributed by atoms with Crippen LogP contribution in [0.1, 0.15) is 89.5 Å². The monoisotopic (exact) mass is 691 g/mol. The summed E-state index contributed by atoms with van der Waals surface area (Å²) in [5, 5.41) is 26.6. The molecule has 47 heavy (non-hydrogen) atoms. The maximum absolute atomic E-state index is 14.4. The van der Waals surface area contributed by atoms with Gasteiger partial charge in [-0.3, -0.25) is 4.79 Å². The maximum atomic E-state index is 14.4. The standard InChI is InChI=1S/C38H45NO5S3/c1-26-8-6-18-37(2)33(16-19-38(37,42)25-39(47(3,43)44)20-17-30-10-7-21-45-30)31-15-13-27(22-29(40)14-12-26)23-32(31)36(41)35-24-28-9-4-5-11-34(28)46-35/h4-5,7-11,13,15,21,23-24,29,33,40,42H,6,12,14,16-20,22,25H2,1-3H3/t29-,33-,37-,38+/m0/s1. The van der Waals surface area contributed by atoms with Crippen molar-refractivity contribution in [2.45, 2.75) is 82.8 Å². The molecular formula is C38H45NO5S3. The van der Waals surface area contributed by atoms with Crippen LogP contribution < -0.4 is 0 Å². The van der Waals surface area contributed by atoms with E-state index in [1.54, 1.807) is 11.3 Å². The molecule has 0 amide bonds. The average molecular weight is 692 g/mol. The van der Waals surface area contributed by atoms with E-state index in [4.69, 9.17) is 0 Å². The molecule has 0 aliphatic heterocycles. The minimum absolute atomic E-state index is 0.0107. The molecule has 4 atom stereocenters. The molecule has 0 saturated heterocycles. The summed E-state index contributed by atoms with van der Waals surface area (Å²) >= 11 is 3.09. The zero-order chi connectivity index (χ0) is 33.4. The minimum Gasteiger partial charge on any atom is -0.393 e. The fraction of sp³-hybridized carbons (Fsp3) is 0.447. The smallest absolute Gasteiger partial charge is 0.211 e. The topological polar surface area (TPSA) is 94.9 Å². The number of rotatable bonds is 8. The van der Waals surface area contributed by atoms with E-state index in [0.29, 0.717) is 61.9 Å². The van der Waals surface area contributed by atoms with Gasteiger partial charge < -0.3 is 10.2 Å². The lowest BCUT2D eigenvalue weighted by Crippen LogP contribution is -2.54. The lowest BCUT2D eigenvalue weighted by atomic mass is 9.65. The van der Waals surface area contributed by atoms with Gasteiger partial charge in [0.15, 0.2) is 0 Å². The normalized spacial score (nSPS) is 25.5. The minimum atomic E-state index is -3.60. The van der Waals surface area contributed by atoms with Crippen LogP contribution in [0.15, 0.2) is 77.7 Å². The Morgan fingerprint density at radius 3 is 2.62 bits per heavy atom. The summed E-state index contributed by atoms with van der Waals surface area (Å²) in [4.78, 5) is 16.2. The highest BCUT2D eigenvalue weighted by Crippen LogP contribution is 2.59. The number of ketones is 1. The SMILES string of the molecule is CC1=CCC[C@@]2(C)[C@@H](CC[C@@]2(O)CN(CCc2cccs2)S(C)(=O)=O)c2ccc(cc2C(=O)c2cc3ccccc3s2)C[C@@H](O)CC1. The molecular weight excluding hydrogens is 647 g/mol. The van der Waals surface area contributed by atoms with E-state index in [1.165, 1.54) is 27.5 Å². The molecule has 0 radical (unpaired) electrons. The Bertz CT molecular complexity index is 1840. The van der Waals surface area contributed by atoms with E-state index in [-0.39, 0.29) is 18.2 Å². The number of aliphatic hydroxyl groups excluding tert-OH is 1. The van der Waals surface area contributed by atoms with Gasteiger partial charge in [0.25, 0.3) is 0 Å². The Kier molecular flexibility index (Phi) is 9.96. The van der Waals surface area contributed by atoms with Crippen LogP contribution in [0, 0.1) is 5.41 Å². The number of thiophene rings is 2. The number of carbonyl (C=O) groups is 1. The maximum Gasteiger partial charge on any atom is 0.211 e. The first-order chi connectivity index (χ1) is 22.4. The van der Waals surface area contributed by atoms with Crippen molar-refractivity contribution >= 4 is 48.6 Å². The number of benzene rings is 2. The second-order valence-electron chi connectivity index (χ2n) is 13.9. The largest absolute Gasteiger partial charge is 0.393 e. The summed E-state index contributed by atoms with van der Waals surface area (Å²) in [5.41, 5.74) is 1.61. The van der Waals surface area contributed by atoms with Crippen molar-refractivity contribution in [3.63, 3.8) is 0 Å². The Morgan fingerprint density at radius 1 is 1.06 bits per heavy atom. The van der Waals surface area contributed by atoms with Crippen molar-refractivity contribution < 1.29 is 23.4 Å². The van der Waals surface area contributed by atoms with Gasteiger partial charge in [0.05, 0.1) is 22.8 Å². The van der Waals surface area contributed by atoms with Crippen LogP contribution >= 0.6 is 22.7 Å². The number of nitrogens with zero attached hydrogens (tertiary/aromatic N) is 1. The first-order valence-corrected chi connectivity index (χ1v) is 20.1. The molecule has 2 heterocycles. The second-order valence-corrected chi connectivity index (χ2v) is 17.9. The summed E-state index contributed by atoms with van der Waals surface area (Å²) < 4.78 is 28.8. The molecule has 0 spiro atoms. The van der Waals surface area contributed by atoms with Gasteiger partial charge in [-0.15, -0.1) is 22.7 Å². The summed E-state index contributed by atoms with van der Waals surface area (Å²) in [7, 11) is -3.60. The molecule has 2 aromatic heterocycles. The molecule has 250 valence electrons. The Hall–Kier alpha value is -2.66. The van der Waals surface area contributed by atoms with Crippen LogP contribution in [-0.2, 0) is 22.9 Å². The third-order valence-electron chi connectivity index (χ3n) is 10.7. The van der Waals surface area contributed by atoms with Crippen molar-refractivity contribution in [1.29, 1.82) is 0 Å². The van der Waals surface area contributed by atoms with Crippen LogP contribution in [-0.4, -0.2) is 59.8 Å². The zero-order valence-electron chi connectivity index (χ0n) is 27.4. The van der Waals surface area contributed by atoms with Crippen molar-refractivity contribution in [3.8, 4) is 0 Å². The summed E-state index contributed by atoms with van der Waals surface area (Å²) in [6.07, 6.45) is 7.76. The van der Waals surface area contributed by atoms with E-state index >= 15 is 0 Å². The lowest BCUT2D eigenvalue weighted by molar-refractivity contribution is -0.0722. The molecule has 2 N–H and O–H groups in total. The highest BCUT2D eigenvalue weighted by molar-refractivity contribution is 7.88. The first-order valence-electron chi connectivity index (χ1n) is 16.6. The van der Waals surface area contributed by atoms with E-state index < -0.39 is 27.1 Å². The quantitative estimate of drug-likeness (QED) is 0.146. The van der Waals surface area contributed by atoms with Gasteiger partial charge in [-0.25, -0.2) is 8.42 Å². The number of hydrogen-bond acceptors (Lipinski definition) is 7. The van der Waals surface area contributed by atoms with Crippen LogP contribution in [0.25, 0.3) is 10.1 Å². The summed E-state index contributed by atoms with van der Waals surface area (Å²) in [5.74, 6) is -0.220. The van der Waals surface area contributed by atoms with E-state index in [1.807, 2.05) is 66.0 Å². The molecule has 4 aromatic rings. The van der Waals surface area contributed by atoms with Gasteiger partial charge in [-0.2, -0.15) is 4.31 Å².